The van der Waals surface area contributed by atoms with Crippen molar-refractivity contribution in [1.29, 1.82) is 0 Å². The van der Waals surface area contributed by atoms with Gasteiger partial charge in [-0.15, -0.1) is 0 Å². The number of esters is 2. The molecule has 4 aliphatic rings. The average Bonchev–Trinajstić information content (AvgIpc) is 3.22. The van der Waals surface area contributed by atoms with E-state index in [4.69, 9.17) is 9.47 Å². The number of carboxylic acid groups (broad SMARTS) is 1. The van der Waals surface area contributed by atoms with Crippen LogP contribution in [0.25, 0.3) is 0 Å². The van der Waals surface area contributed by atoms with Gasteiger partial charge in [-0.2, -0.15) is 0 Å². The number of rotatable bonds is 4. The molecule has 29 heavy (non-hydrogen) atoms. The van der Waals surface area contributed by atoms with Gasteiger partial charge in [-0.25, -0.2) is 0 Å². The van der Waals surface area contributed by atoms with Gasteiger partial charge >= 0.3 is 17.9 Å². The first-order valence-corrected chi connectivity index (χ1v) is 10.7. The number of hydrogen-bond donors (Lipinski definition) is 1. The summed E-state index contributed by atoms with van der Waals surface area (Å²) >= 11 is 0. The van der Waals surface area contributed by atoms with Crippen molar-refractivity contribution in [3.63, 3.8) is 0 Å². The van der Waals surface area contributed by atoms with Crippen molar-refractivity contribution in [3.8, 4) is 0 Å². The molecule has 0 aromatic carbocycles. The standard InChI is InChI=1S/C22H31NO6/c1-12-6-7-17(28-13(2)24)22(3)9-8-14-15(21(27)29-19(14)18(12)22)11-23-10-4-5-16(23)20(25)26/h6,14-19H,4-5,7-11H2,1-3H3,(H,25,26)/t14-,15-,16-,17+,18+,19-,22-/m0/s1. The Kier molecular flexibility index (Phi) is 5.21. The molecule has 2 saturated heterocycles. The zero-order valence-corrected chi connectivity index (χ0v) is 17.4. The van der Waals surface area contributed by atoms with Crippen molar-refractivity contribution in [1.82, 2.24) is 4.90 Å². The van der Waals surface area contributed by atoms with Gasteiger partial charge < -0.3 is 14.6 Å². The lowest BCUT2D eigenvalue weighted by Crippen LogP contribution is -2.54. The second kappa shape index (κ2) is 7.42. The molecular formula is C22H31NO6. The molecule has 7 nitrogen and oxygen atoms in total. The van der Waals surface area contributed by atoms with Gasteiger partial charge in [0.05, 0.1) is 5.92 Å². The number of hydrogen-bond acceptors (Lipinski definition) is 6. The summed E-state index contributed by atoms with van der Waals surface area (Å²) in [7, 11) is 0. The van der Waals surface area contributed by atoms with Crippen molar-refractivity contribution in [2.75, 3.05) is 13.1 Å². The fraction of sp³-hybridized carbons (Fsp3) is 0.773. The Morgan fingerprint density at radius 3 is 2.83 bits per heavy atom. The fourth-order valence-electron chi connectivity index (χ4n) is 6.40. The SMILES string of the molecule is CC(=O)O[C@@H]1CC=C(C)[C@@H]2[C@H]3OC(=O)[C@@H](CN4CCC[C@H]4C(=O)O)[C@@H]3CC[C@]21C. The summed E-state index contributed by atoms with van der Waals surface area (Å²) in [4.78, 5) is 38.0. The molecule has 2 heterocycles. The minimum Gasteiger partial charge on any atom is -0.480 e. The fourth-order valence-corrected chi connectivity index (χ4v) is 6.40. The highest BCUT2D eigenvalue weighted by Gasteiger charge is 2.60. The second-order valence-corrected chi connectivity index (χ2v) is 9.47. The predicted molar refractivity (Wildman–Crippen MR) is 104 cm³/mol. The van der Waals surface area contributed by atoms with Gasteiger partial charge in [-0.1, -0.05) is 18.6 Å². The van der Waals surface area contributed by atoms with Gasteiger partial charge in [0.2, 0.25) is 0 Å². The van der Waals surface area contributed by atoms with Gasteiger partial charge in [0.1, 0.15) is 18.2 Å². The van der Waals surface area contributed by atoms with Crippen LogP contribution in [0.4, 0.5) is 0 Å². The van der Waals surface area contributed by atoms with Crippen LogP contribution in [0.1, 0.15) is 52.9 Å². The molecule has 0 aromatic rings. The summed E-state index contributed by atoms with van der Waals surface area (Å²) in [5, 5.41) is 9.47. The van der Waals surface area contributed by atoms with Crippen LogP contribution < -0.4 is 0 Å². The first kappa shape index (κ1) is 20.4. The van der Waals surface area contributed by atoms with Crippen molar-refractivity contribution < 1.29 is 29.0 Å². The molecule has 7 atom stereocenters. The van der Waals surface area contributed by atoms with E-state index in [0.717, 1.165) is 19.3 Å². The molecule has 0 bridgehead atoms. The van der Waals surface area contributed by atoms with Crippen molar-refractivity contribution in [2.45, 2.75) is 71.1 Å². The largest absolute Gasteiger partial charge is 0.480 e. The van der Waals surface area contributed by atoms with Crippen molar-refractivity contribution >= 4 is 17.9 Å². The monoisotopic (exact) mass is 405 g/mol. The molecule has 2 aliphatic carbocycles. The van der Waals surface area contributed by atoms with Crippen LogP contribution in [0.3, 0.4) is 0 Å². The van der Waals surface area contributed by atoms with Crippen molar-refractivity contribution in [3.05, 3.63) is 11.6 Å². The van der Waals surface area contributed by atoms with E-state index in [0.29, 0.717) is 25.9 Å². The van der Waals surface area contributed by atoms with Crippen LogP contribution in [0.15, 0.2) is 11.6 Å². The molecule has 4 rings (SSSR count). The van der Waals surface area contributed by atoms with Gasteiger partial charge in [-0.3, -0.25) is 19.3 Å². The van der Waals surface area contributed by atoms with Crippen LogP contribution in [-0.2, 0) is 23.9 Å². The molecule has 160 valence electrons. The number of likely N-dealkylation sites (tertiary alicyclic amines) is 1. The molecule has 0 unspecified atom stereocenters. The minimum atomic E-state index is -0.808. The molecule has 3 fully saturated rings. The number of fused-ring (bicyclic) bond motifs is 3. The molecule has 0 aromatic heterocycles. The van der Waals surface area contributed by atoms with E-state index in [2.05, 4.69) is 19.9 Å². The molecule has 1 N–H and O–H groups in total. The van der Waals surface area contributed by atoms with E-state index in [1.54, 1.807) is 0 Å². The Morgan fingerprint density at radius 2 is 2.14 bits per heavy atom. The number of ether oxygens (including phenoxy) is 2. The van der Waals surface area contributed by atoms with Crippen LogP contribution in [0, 0.1) is 23.2 Å². The van der Waals surface area contributed by atoms with Gasteiger partial charge in [0.15, 0.2) is 0 Å². The normalized spacial score (nSPS) is 41.9. The summed E-state index contributed by atoms with van der Waals surface area (Å²) in [6, 6.07) is -0.500. The highest BCUT2D eigenvalue weighted by molar-refractivity contribution is 5.77. The molecule has 2 aliphatic heterocycles. The third-order valence-corrected chi connectivity index (χ3v) is 7.82. The second-order valence-electron chi connectivity index (χ2n) is 9.47. The lowest BCUT2D eigenvalue weighted by atomic mass is 9.54. The van der Waals surface area contributed by atoms with E-state index in [1.807, 2.05) is 4.90 Å². The molecule has 7 heteroatoms. The Labute approximate surface area is 171 Å². The zero-order valence-electron chi connectivity index (χ0n) is 17.4. The van der Waals surface area contributed by atoms with Crippen LogP contribution in [0.2, 0.25) is 0 Å². The third-order valence-electron chi connectivity index (χ3n) is 7.82. The van der Waals surface area contributed by atoms with Gasteiger partial charge in [-0.05, 0) is 39.2 Å². The van der Waals surface area contributed by atoms with E-state index < -0.39 is 12.0 Å². The summed E-state index contributed by atoms with van der Waals surface area (Å²) in [5.74, 6) is -1.47. The number of nitrogens with zero attached hydrogens (tertiary/aromatic N) is 1. The lowest BCUT2D eigenvalue weighted by molar-refractivity contribution is -0.167. The maximum absolute atomic E-state index is 12.8. The Morgan fingerprint density at radius 1 is 1.38 bits per heavy atom. The Balaban J connectivity index is 1.56. The maximum atomic E-state index is 12.8. The minimum absolute atomic E-state index is 0.0298. The first-order valence-electron chi connectivity index (χ1n) is 10.7. The lowest BCUT2D eigenvalue weighted by Gasteiger charge is -2.52. The number of aliphatic carboxylic acids is 1. The smallest absolute Gasteiger partial charge is 0.320 e. The van der Waals surface area contributed by atoms with E-state index in [-0.39, 0.29) is 47.3 Å². The van der Waals surface area contributed by atoms with Crippen LogP contribution >= 0.6 is 0 Å². The highest BCUT2D eigenvalue weighted by atomic mass is 16.6. The summed E-state index contributed by atoms with van der Waals surface area (Å²) < 4.78 is 11.6. The van der Waals surface area contributed by atoms with Crippen LogP contribution in [0.5, 0.6) is 0 Å². The quantitative estimate of drug-likeness (QED) is 0.567. The third kappa shape index (κ3) is 3.37. The topological polar surface area (TPSA) is 93.1 Å². The summed E-state index contributed by atoms with van der Waals surface area (Å²) in [6.07, 6.45) is 5.54. The maximum Gasteiger partial charge on any atom is 0.320 e. The molecule has 0 spiro atoms. The van der Waals surface area contributed by atoms with Crippen molar-refractivity contribution in [2.24, 2.45) is 23.2 Å². The zero-order chi connectivity index (χ0) is 20.9. The number of carboxylic acids is 1. The summed E-state index contributed by atoms with van der Waals surface area (Å²) in [6.45, 7) is 6.84. The highest BCUT2D eigenvalue weighted by Crippen LogP contribution is 2.57. The first-order chi connectivity index (χ1) is 13.7. The molecule has 0 radical (unpaired) electrons. The number of carbonyl (C=O) groups excluding carboxylic acids is 2. The van der Waals surface area contributed by atoms with Crippen LogP contribution in [-0.4, -0.2) is 59.3 Å². The Hall–Kier alpha value is -1.89. The van der Waals surface area contributed by atoms with E-state index in [9.17, 15) is 19.5 Å². The Bertz CT molecular complexity index is 748. The molecule has 1 saturated carbocycles. The van der Waals surface area contributed by atoms with Gasteiger partial charge in [0.25, 0.3) is 0 Å². The average molecular weight is 405 g/mol. The van der Waals surface area contributed by atoms with E-state index in [1.165, 1.54) is 12.5 Å². The van der Waals surface area contributed by atoms with Gasteiger partial charge in [0, 0.05) is 37.1 Å². The molecule has 0 amide bonds. The predicted octanol–water partition coefficient (Wildman–Crippen LogP) is 2.39. The summed E-state index contributed by atoms with van der Waals surface area (Å²) in [5.41, 5.74) is 0.946. The number of carbonyl (C=O) groups is 3. The molecular weight excluding hydrogens is 374 g/mol. The van der Waals surface area contributed by atoms with E-state index >= 15 is 0 Å².